The van der Waals surface area contributed by atoms with E-state index in [0.717, 1.165) is 5.69 Å². The van der Waals surface area contributed by atoms with E-state index in [1.165, 1.54) is 0 Å². The van der Waals surface area contributed by atoms with Crippen molar-refractivity contribution in [1.82, 2.24) is 9.97 Å². The summed E-state index contributed by atoms with van der Waals surface area (Å²) in [5.74, 6) is 1.71. The van der Waals surface area contributed by atoms with Gasteiger partial charge in [0, 0.05) is 37.2 Å². The maximum Gasteiger partial charge on any atom is 0.248 e. The number of fused-ring (bicyclic) bond motifs is 1. The Bertz CT molecular complexity index is 490. The molecule has 4 aliphatic rings. The summed E-state index contributed by atoms with van der Waals surface area (Å²) >= 11 is 0. The van der Waals surface area contributed by atoms with Crippen LogP contribution in [0.5, 0.6) is 0 Å². The minimum absolute atomic E-state index is 0.00648. The molecular weight excluding hydrogens is 192 g/mol. The molecule has 2 atom stereocenters. The first kappa shape index (κ1) is 7.76. The lowest BCUT2D eigenvalue weighted by atomic mass is 9.97. The van der Waals surface area contributed by atoms with Crippen molar-refractivity contribution in [3.63, 3.8) is 0 Å². The first-order chi connectivity index (χ1) is 7.17. The minimum atomic E-state index is -0.595. The molecule has 1 amide bonds. The van der Waals surface area contributed by atoms with Gasteiger partial charge in [0.25, 0.3) is 0 Å². The van der Waals surface area contributed by atoms with Crippen LogP contribution in [0.3, 0.4) is 0 Å². The second-order valence-electron chi connectivity index (χ2n) is 4.64. The van der Waals surface area contributed by atoms with Gasteiger partial charge < -0.3 is 5.73 Å². The van der Waals surface area contributed by atoms with Gasteiger partial charge in [-0.3, -0.25) is 14.7 Å². The predicted octanol–water partition coefficient (Wildman–Crippen LogP) is -0.506. The third-order valence-electron chi connectivity index (χ3n) is 4.03. The first-order valence-corrected chi connectivity index (χ1v) is 5.05. The monoisotopic (exact) mass is 202 g/mol. The molecule has 2 N–H and O–H groups in total. The van der Waals surface area contributed by atoms with Gasteiger partial charge in [-0.1, -0.05) is 0 Å². The molecule has 15 heavy (non-hydrogen) atoms. The summed E-state index contributed by atoms with van der Waals surface area (Å²) in [6, 6.07) is 0. The highest BCUT2D eigenvalue weighted by Crippen LogP contribution is 2.80. The third-order valence-corrected chi connectivity index (χ3v) is 4.03. The topological polar surface area (TPSA) is 72.1 Å². The normalized spacial score (nSPS) is 44.3. The molecule has 0 saturated heterocycles. The van der Waals surface area contributed by atoms with Gasteiger partial charge >= 0.3 is 0 Å². The molecule has 2 fully saturated rings. The molecule has 3 heterocycles. The van der Waals surface area contributed by atoms with Gasteiger partial charge in [-0.2, -0.15) is 0 Å². The predicted molar refractivity (Wildman–Crippen MR) is 52.1 cm³/mol. The lowest BCUT2D eigenvalue weighted by Gasteiger charge is -2.20. The lowest BCUT2D eigenvalue weighted by Crippen LogP contribution is -2.48. The maximum atomic E-state index is 12.0. The van der Waals surface area contributed by atoms with Gasteiger partial charge in [0.15, 0.2) is 5.82 Å². The summed E-state index contributed by atoms with van der Waals surface area (Å²) in [5, 5.41) is 0. The fourth-order valence-corrected chi connectivity index (χ4v) is 3.10. The van der Waals surface area contributed by atoms with E-state index in [2.05, 4.69) is 9.97 Å². The summed E-state index contributed by atoms with van der Waals surface area (Å²) in [4.78, 5) is 22.1. The van der Waals surface area contributed by atoms with Crippen LogP contribution in [0.25, 0.3) is 0 Å². The van der Waals surface area contributed by atoms with Gasteiger partial charge in [0.2, 0.25) is 5.91 Å². The Hall–Kier alpha value is -1.49. The third kappa shape index (κ3) is 0.612. The molecule has 1 aromatic heterocycles. The number of carbonyl (C=O) groups is 1. The van der Waals surface area contributed by atoms with Crippen molar-refractivity contribution in [1.29, 1.82) is 0 Å². The van der Waals surface area contributed by atoms with Gasteiger partial charge in [0.1, 0.15) is 5.54 Å². The van der Waals surface area contributed by atoms with Crippen LogP contribution in [-0.2, 0) is 4.79 Å². The summed E-state index contributed by atoms with van der Waals surface area (Å²) in [6.45, 7) is 0. The molecule has 5 heteroatoms. The number of hydrogen-bond acceptors (Lipinski definition) is 4. The van der Waals surface area contributed by atoms with Crippen molar-refractivity contribution in [2.75, 3.05) is 11.9 Å². The summed E-state index contributed by atoms with van der Waals surface area (Å²) in [5.41, 5.74) is 6.40. The average Bonchev–Trinajstić information content (AvgIpc) is 3.13. The van der Waals surface area contributed by atoms with Crippen molar-refractivity contribution < 1.29 is 4.79 Å². The Morgan fingerprint density at radius 1 is 1.40 bits per heavy atom. The van der Waals surface area contributed by atoms with Crippen molar-refractivity contribution in [2.24, 2.45) is 17.6 Å². The molecule has 2 aliphatic heterocycles. The highest BCUT2D eigenvalue weighted by molar-refractivity contribution is 6.06. The van der Waals surface area contributed by atoms with Crippen LogP contribution >= 0.6 is 0 Å². The Balaban J connectivity index is 1.95. The number of amides is 1. The van der Waals surface area contributed by atoms with Crippen molar-refractivity contribution in [3.05, 3.63) is 18.1 Å². The molecule has 0 spiro atoms. The fourth-order valence-electron chi connectivity index (χ4n) is 3.10. The summed E-state index contributed by atoms with van der Waals surface area (Å²) in [6.07, 6.45) is 3.29. The minimum Gasteiger partial charge on any atom is -0.317 e. The van der Waals surface area contributed by atoms with E-state index in [4.69, 9.17) is 5.73 Å². The van der Waals surface area contributed by atoms with Crippen LogP contribution in [0, 0.1) is 11.8 Å². The average molecular weight is 202 g/mol. The van der Waals surface area contributed by atoms with Crippen molar-refractivity contribution in [2.45, 2.75) is 11.5 Å². The van der Waals surface area contributed by atoms with Gasteiger partial charge in [0.05, 0.1) is 5.69 Å². The molecule has 2 saturated carbocycles. The van der Waals surface area contributed by atoms with Gasteiger partial charge in [-0.25, -0.2) is 4.98 Å². The fraction of sp³-hybridized carbons (Fsp3) is 0.500. The number of anilines is 1. The second kappa shape index (κ2) is 1.90. The van der Waals surface area contributed by atoms with Crippen LogP contribution < -0.4 is 10.6 Å². The van der Waals surface area contributed by atoms with E-state index >= 15 is 0 Å². The SMILES string of the molecule is CN1C(=O)C2(N)C3C(c4nccnc41)C32. The molecule has 1 aromatic rings. The lowest BCUT2D eigenvalue weighted by molar-refractivity contribution is -0.121. The van der Waals surface area contributed by atoms with Crippen LogP contribution in [0.15, 0.2) is 12.4 Å². The summed E-state index contributed by atoms with van der Waals surface area (Å²) in [7, 11) is 1.73. The van der Waals surface area contributed by atoms with Crippen LogP contribution in [0.4, 0.5) is 5.82 Å². The molecule has 2 unspecified atom stereocenters. The van der Waals surface area contributed by atoms with Crippen LogP contribution in [0.2, 0.25) is 0 Å². The Morgan fingerprint density at radius 2 is 2.07 bits per heavy atom. The van der Waals surface area contributed by atoms with Crippen LogP contribution in [0.1, 0.15) is 11.6 Å². The number of likely N-dealkylation sites (N-methyl/N-ethyl adjacent to an activating group) is 1. The molecule has 5 rings (SSSR count). The Morgan fingerprint density at radius 3 is 2.80 bits per heavy atom. The number of rotatable bonds is 0. The zero-order chi connectivity index (χ0) is 10.4. The zero-order valence-electron chi connectivity index (χ0n) is 8.21. The number of aromatic nitrogens is 2. The van der Waals surface area contributed by atoms with E-state index in [1.54, 1.807) is 24.3 Å². The van der Waals surface area contributed by atoms with E-state index in [0.29, 0.717) is 23.6 Å². The molecular formula is C10H10N4O. The van der Waals surface area contributed by atoms with Gasteiger partial charge in [-0.05, 0) is 0 Å². The first-order valence-electron chi connectivity index (χ1n) is 5.05. The van der Waals surface area contributed by atoms with Crippen molar-refractivity contribution >= 4 is 11.7 Å². The van der Waals surface area contributed by atoms with E-state index in [9.17, 15) is 4.79 Å². The quantitative estimate of drug-likeness (QED) is 0.615. The number of hydrogen-bond donors (Lipinski definition) is 1. The van der Waals surface area contributed by atoms with Gasteiger partial charge in [-0.15, -0.1) is 0 Å². The second-order valence-corrected chi connectivity index (χ2v) is 4.64. The Labute approximate surface area is 86.3 Å². The largest absolute Gasteiger partial charge is 0.317 e. The molecule has 0 aromatic carbocycles. The number of carbonyl (C=O) groups excluding carboxylic acids is 1. The smallest absolute Gasteiger partial charge is 0.248 e. The summed E-state index contributed by atoms with van der Waals surface area (Å²) < 4.78 is 0. The molecule has 2 aliphatic carbocycles. The molecule has 2 bridgehead atoms. The van der Waals surface area contributed by atoms with Crippen LogP contribution in [-0.4, -0.2) is 28.5 Å². The molecule has 0 radical (unpaired) electrons. The van der Waals surface area contributed by atoms with E-state index in [1.807, 2.05) is 0 Å². The highest BCUT2D eigenvalue weighted by Gasteiger charge is 2.88. The number of nitrogens with zero attached hydrogens (tertiary/aromatic N) is 3. The molecule has 5 nitrogen and oxygen atoms in total. The molecule has 76 valence electrons. The number of nitrogens with two attached hydrogens (primary N) is 1. The maximum absolute atomic E-state index is 12.0. The Kier molecular flexibility index (Phi) is 0.984. The standard InChI is InChI=1S/C10H10N4O/c1-14-8-7(12-2-3-13-8)4-5-6(4)10(5,11)9(14)15/h2-6H,11H2,1H3. The highest BCUT2D eigenvalue weighted by atomic mass is 16.2. The van der Waals surface area contributed by atoms with E-state index in [-0.39, 0.29) is 5.91 Å². The van der Waals surface area contributed by atoms with Crippen molar-refractivity contribution in [3.8, 4) is 0 Å². The zero-order valence-corrected chi connectivity index (χ0v) is 8.21. The van der Waals surface area contributed by atoms with E-state index < -0.39 is 5.54 Å².